The zero-order valence-electron chi connectivity index (χ0n) is 21.1. The number of Topliss-reactive ketones (excluding diaryl/α,β-unsaturated/α-hetero) is 1. The zero-order valence-corrected chi connectivity index (χ0v) is 22.0. The molecule has 0 saturated carbocycles. The molecule has 0 aliphatic carbocycles. The molecule has 1 aliphatic heterocycles. The third kappa shape index (κ3) is 4.80. The van der Waals surface area contributed by atoms with Crippen LogP contribution in [0.1, 0.15) is 43.3 Å². The van der Waals surface area contributed by atoms with Gasteiger partial charge in [-0.2, -0.15) is 0 Å². The molecular weight excluding hydrogens is 504 g/mol. The number of benzene rings is 2. The van der Waals surface area contributed by atoms with Gasteiger partial charge < -0.3 is 23.9 Å². The fourth-order valence-corrected chi connectivity index (χ4v) is 5.41. The van der Waals surface area contributed by atoms with Gasteiger partial charge in [-0.25, -0.2) is 4.98 Å². The number of ether oxygens (including phenoxy) is 2. The second kappa shape index (κ2) is 10.5. The molecular formula is C29H26N2O6S. The first-order chi connectivity index (χ1) is 18.4. The van der Waals surface area contributed by atoms with E-state index in [1.807, 2.05) is 37.3 Å². The number of aromatic nitrogens is 1. The molecule has 1 amide bonds. The van der Waals surface area contributed by atoms with Gasteiger partial charge in [0, 0.05) is 0 Å². The Balaban J connectivity index is 1.54. The maximum absolute atomic E-state index is 13.7. The van der Waals surface area contributed by atoms with Crippen molar-refractivity contribution in [2.24, 2.45) is 0 Å². The Morgan fingerprint density at radius 3 is 2.55 bits per heavy atom. The normalized spacial score (nSPS) is 15.3. The maximum atomic E-state index is 13.7. The molecule has 0 fully saturated rings. The average molecular weight is 531 g/mol. The molecule has 38 heavy (non-hydrogen) atoms. The second-order valence-electron chi connectivity index (χ2n) is 8.84. The number of furan rings is 1. The van der Waals surface area contributed by atoms with Crippen LogP contribution in [-0.4, -0.2) is 33.8 Å². The van der Waals surface area contributed by atoms with E-state index >= 15 is 0 Å². The lowest BCUT2D eigenvalue weighted by Crippen LogP contribution is -2.30. The summed E-state index contributed by atoms with van der Waals surface area (Å²) in [5, 5.41) is 11.7. The Bertz CT molecular complexity index is 1510. The molecule has 2 aromatic carbocycles. The minimum absolute atomic E-state index is 0.00619. The molecule has 0 bridgehead atoms. The van der Waals surface area contributed by atoms with Crippen molar-refractivity contribution in [3.05, 3.63) is 111 Å². The predicted octanol–water partition coefficient (Wildman–Crippen LogP) is 5.72. The van der Waals surface area contributed by atoms with E-state index in [0.717, 1.165) is 10.6 Å². The summed E-state index contributed by atoms with van der Waals surface area (Å²) < 4.78 is 17.1. The van der Waals surface area contributed by atoms with Gasteiger partial charge in [-0.3, -0.25) is 9.59 Å². The van der Waals surface area contributed by atoms with Crippen molar-refractivity contribution in [1.82, 2.24) is 9.88 Å². The molecule has 1 N–H and O–H groups in total. The minimum Gasteiger partial charge on any atom is -0.503 e. The Morgan fingerprint density at radius 2 is 1.89 bits per heavy atom. The minimum atomic E-state index is -0.876. The van der Waals surface area contributed by atoms with Crippen molar-refractivity contribution in [2.75, 3.05) is 7.11 Å². The summed E-state index contributed by atoms with van der Waals surface area (Å²) in [6.45, 7) is 3.95. The third-order valence-electron chi connectivity index (χ3n) is 6.30. The topological polar surface area (TPSA) is 102 Å². The van der Waals surface area contributed by atoms with Crippen molar-refractivity contribution < 1.29 is 28.6 Å². The molecule has 3 heterocycles. The molecule has 0 saturated heterocycles. The molecule has 1 unspecified atom stereocenters. The standard InChI is InChI=1S/C29H26N2O6S/c1-17-28(38-18(2)30-17)26(32)24-25(31(29(34)27(24)33)15-21-10-7-13-36-21)20-11-12-22(23(14-20)35-3)37-16-19-8-5-4-6-9-19/h4-14,25,33H,15-16H2,1-3H3. The number of aliphatic hydroxyl groups excluding tert-OH is 1. The quantitative estimate of drug-likeness (QED) is 0.276. The molecule has 9 heteroatoms. The molecule has 4 aromatic rings. The number of aryl methyl sites for hydroxylation is 2. The summed E-state index contributed by atoms with van der Waals surface area (Å²) in [7, 11) is 1.53. The van der Waals surface area contributed by atoms with Crippen molar-refractivity contribution in [1.29, 1.82) is 0 Å². The number of thiazole rings is 1. The lowest BCUT2D eigenvalue weighted by atomic mass is 9.94. The average Bonchev–Trinajstić information content (AvgIpc) is 3.62. The highest BCUT2D eigenvalue weighted by atomic mass is 32.1. The van der Waals surface area contributed by atoms with E-state index in [9.17, 15) is 14.7 Å². The summed E-state index contributed by atoms with van der Waals surface area (Å²) in [5.74, 6) is -0.208. The Kier molecular flexibility index (Phi) is 7.02. The van der Waals surface area contributed by atoms with Crippen LogP contribution in [0.4, 0.5) is 0 Å². The summed E-state index contributed by atoms with van der Waals surface area (Å²) in [6, 6.07) is 17.6. The largest absolute Gasteiger partial charge is 0.503 e. The van der Waals surface area contributed by atoms with Gasteiger partial charge in [0.2, 0.25) is 5.78 Å². The number of hydrogen-bond acceptors (Lipinski definition) is 8. The molecule has 1 atom stereocenters. The zero-order chi connectivity index (χ0) is 26.8. The summed E-state index contributed by atoms with van der Waals surface area (Å²) in [4.78, 5) is 33.2. The number of hydrogen-bond donors (Lipinski definition) is 1. The first-order valence-electron chi connectivity index (χ1n) is 12.0. The summed E-state index contributed by atoms with van der Waals surface area (Å²) >= 11 is 1.23. The highest BCUT2D eigenvalue weighted by Gasteiger charge is 2.45. The van der Waals surface area contributed by atoms with Gasteiger partial charge in [-0.05, 0) is 49.2 Å². The lowest BCUT2D eigenvalue weighted by Gasteiger charge is -2.26. The van der Waals surface area contributed by atoms with Crippen LogP contribution in [0.25, 0.3) is 0 Å². The number of methoxy groups -OCH3 is 1. The van der Waals surface area contributed by atoms with Gasteiger partial charge in [0.1, 0.15) is 12.4 Å². The van der Waals surface area contributed by atoms with Crippen molar-refractivity contribution in [3.8, 4) is 11.5 Å². The van der Waals surface area contributed by atoms with Crippen LogP contribution in [0.15, 0.2) is 82.7 Å². The van der Waals surface area contributed by atoms with Gasteiger partial charge in [0.25, 0.3) is 5.91 Å². The molecule has 2 aromatic heterocycles. The molecule has 0 radical (unpaired) electrons. The predicted molar refractivity (Wildman–Crippen MR) is 141 cm³/mol. The van der Waals surface area contributed by atoms with Crippen LogP contribution in [0.5, 0.6) is 11.5 Å². The fraction of sp³-hybridized carbons (Fsp3) is 0.207. The monoisotopic (exact) mass is 530 g/mol. The first-order valence-corrected chi connectivity index (χ1v) is 12.8. The number of amides is 1. The highest BCUT2D eigenvalue weighted by Crippen LogP contribution is 2.43. The van der Waals surface area contributed by atoms with E-state index in [4.69, 9.17) is 13.9 Å². The van der Waals surface area contributed by atoms with Gasteiger partial charge in [-0.1, -0.05) is 36.4 Å². The summed E-state index contributed by atoms with van der Waals surface area (Å²) in [6.07, 6.45) is 1.51. The van der Waals surface area contributed by atoms with Crippen molar-refractivity contribution in [2.45, 2.75) is 33.0 Å². The van der Waals surface area contributed by atoms with E-state index in [-0.39, 0.29) is 12.1 Å². The highest BCUT2D eigenvalue weighted by molar-refractivity contribution is 7.14. The Labute approximate surface area is 223 Å². The van der Waals surface area contributed by atoms with Crippen LogP contribution in [0, 0.1) is 13.8 Å². The first kappa shape index (κ1) is 25.3. The number of carbonyl (C=O) groups excluding carboxylic acids is 2. The molecule has 8 nitrogen and oxygen atoms in total. The summed E-state index contributed by atoms with van der Waals surface area (Å²) in [5.41, 5.74) is 2.13. The van der Waals surface area contributed by atoms with Crippen LogP contribution >= 0.6 is 11.3 Å². The maximum Gasteiger partial charge on any atom is 0.290 e. The molecule has 1 aliphatic rings. The number of aliphatic hydroxyl groups is 1. The van der Waals surface area contributed by atoms with Crippen molar-refractivity contribution in [3.63, 3.8) is 0 Å². The van der Waals surface area contributed by atoms with E-state index in [2.05, 4.69) is 4.98 Å². The second-order valence-corrected chi connectivity index (χ2v) is 10.0. The number of ketones is 1. The van der Waals surface area contributed by atoms with E-state index in [0.29, 0.717) is 40.0 Å². The third-order valence-corrected chi connectivity index (χ3v) is 7.38. The number of nitrogens with zero attached hydrogens (tertiary/aromatic N) is 2. The van der Waals surface area contributed by atoms with Gasteiger partial charge in [-0.15, -0.1) is 11.3 Å². The lowest BCUT2D eigenvalue weighted by molar-refractivity contribution is -0.130. The molecule has 5 rings (SSSR count). The van der Waals surface area contributed by atoms with Crippen LogP contribution in [0.2, 0.25) is 0 Å². The molecule has 0 spiro atoms. The SMILES string of the molecule is COc1cc(C2C(C(=O)c3sc(C)nc3C)=C(O)C(=O)N2Cc2ccco2)ccc1OCc1ccccc1. The van der Waals surface area contributed by atoms with Crippen molar-refractivity contribution >= 4 is 23.0 Å². The Morgan fingerprint density at radius 1 is 1.11 bits per heavy atom. The Hall–Kier alpha value is -4.37. The number of rotatable bonds is 9. The number of carbonyl (C=O) groups is 2. The van der Waals surface area contributed by atoms with Gasteiger partial charge >= 0.3 is 0 Å². The van der Waals surface area contributed by atoms with E-state index in [1.165, 1.54) is 29.6 Å². The van der Waals surface area contributed by atoms with Crippen LogP contribution in [-0.2, 0) is 17.9 Å². The van der Waals surface area contributed by atoms with Crippen LogP contribution in [0.3, 0.4) is 0 Å². The van der Waals surface area contributed by atoms with E-state index < -0.39 is 23.5 Å². The fourth-order valence-electron chi connectivity index (χ4n) is 4.54. The van der Waals surface area contributed by atoms with Gasteiger partial charge in [0.05, 0.1) is 47.1 Å². The molecule has 194 valence electrons. The van der Waals surface area contributed by atoms with E-state index in [1.54, 1.807) is 37.3 Å². The van der Waals surface area contributed by atoms with Gasteiger partial charge in [0.15, 0.2) is 17.3 Å². The smallest absolute Gasteiger partial charge is 0.290 e. The van der Waals surface area contributed by atoms with Crippen LogP contribution < -0.4 is 9.47 Å².